The Bertz CT molecular complexity index is 479. The Labute approximate surface area is 112 Å². The number of aromatic hydroxyl groups is 1. The maximum atomic E-state index is 13.6. The number of phenols is 1. The highest BCUT2D eigenvalue weighted by atomic mass is 19.1. The lowest BCUT2D eigenvalue weighted by atomic mass is 10.1. The van der Waals surface area contributed by atoms with E-state index in [1.807, 2.05) is 0 Å². The number of amides is 1. The van der Waals surface area contributed by atoms with Gasteiger partial charge >= 0.3 is 0 Å². The number of benzene rings is 1. The molecule has 0 aromatic heterocycles. The summed E-state index contributed by atoms with van der Waals surface area (Å²) in [5, 5.41) is 9.15. The molecule has 104 valence electrons. The normalized spacial score (nSPS) is 19.6. The van der Waals surface area contributed by atoms with Gasteiger partial charge in [-0.2, -0.15) is 0 Å². The molecule has 19 heavy (non-hydrogen) atoms. The molecule has 0 saturated carbocycles. The average Bonchev–Trinajstić information content (AvgIpc) is 2.74. The van der Waals surface area contributed by atoms with Crippen LogP contribution in [0.15, 0.2) is 18.2 Å². The van der Waals surface area contributed by atoms with Crippen LogP contribution in [-0.4, -0.2) is 54.5 Å². The third-order valence-electron chi connectivity index (χ3n) is 3.55. The first-order valence-corrected chi connectivity index (χ1v) is 6.40. The van der Waals surface area contributed by atoms with Gasteiger partial charge in [0.1, 0.15) is 11.6 Å². The number of carbonyl (C=O) groups is 1. The van der Waals surface area contributed by atoms with Gasteiger partial charge in [-0.25, -0.2) is 4.39 Å². The molecule has 1 saturated heterocycles. The second kappa shape index (κ2) is 5.57. The van der Waals surface area contributed by atoms with E-state index in [4.69, 9.17) is 5.11 Å². The number of halogens is 1. The number of phenolic OH excluding ortho intramolecular Hbond substituents is 1. The van der Waals surface area contributed by atoms with E-state index in [0.717, 1.165) is 25.6 Å². The van der Waals surface area contributed by atoms with Crippen LogP contribution < -0.4 is 0 Å². The van der Waals surface area contributed by atoms with Crippen LogP contribution in [0.1, 0.15) is 16.8 Å². The highest BCUT2D eigenvalue weighted by Crippen LogP contribution is 2.19. The molecule has 1 fully saturated rings. The van der Waals surface area contributed by atoms with Crippen molar-refractivity contribution in [3.8, 4) is 5.75 Å². The van der Waals surface area contributed by atoms with Crippen molar-refractivity contribution in [2.75, 3.05) is 33.7 Å². The summed E-state index contributed by atoms with van der Waals surface area (Å²) in [5.74, 6) is -0.749. The highest BCUT2D eigenvalue weighted by Gasteiger charge is 2.24. The van der Waals surface area contributed by atoms with Crippen LogP contribution in [0.25, 0.3) is 0 Å². The van der Waals surface area contributed by atoms with Crippen molar-refractivity contribution < 1.29 is 14.3 Å². The van der Waals surface area contributed by atoms with Crippen molar-refractivity contribution in [1.29, 1.82) is 0 Å². The number of hydrogen-bond donors (Lipinski definition) is 1. The fourth-order valence-corrected chi connectivity index (χ4v) is 2.53. The Hall–Kier alpha value is -1.62. The molecule has 0 bridgehead atoms. The zero-order valence-corrected chi connectivity index (χ0v) is 11.3. The molecular formula is C14H19FN2O2. The smallest absolute Gasteiger partial charge is 0.256 e. The molecule has 1 aliphatic heterocycles. The van der Waals surface area contributed by atoms with Crippen LogP contribution >= 0.6 is 0 Å². The van der Waals surface area contributed by atoms with E-state index in [-0.39, 0.29) is 17.2 Å². The Morgan fingerprint density at radius 1 is 1.58 bits per heavy atom. The van der Waals surface area contributed by atoms with E-state index in [0.29, 0.717) is 12.5 Å². The number of carbonyl (C=O) groups excluding carboxylic acids is 1. The highest BCUT2D eigenvalue weighted by molar-refractivity contribution is 5.94. The minimum Gasteiger partial charge on any atom is -0.508 e. The second-order valence-electron chi connectivity index (χ2n) is 5.27. The second-order valence-corrected chi connectivity index (χ2v) is 5.27. The zero-order chi connectivity index (χ0) is 14.0. The molecule has 0 aliphatic carbocycles. The predicted molar refractivity (Wildman–Crippen MR) is 70.6 cm³/mol. The first-order chi connectivity index (χ1) is 8.97. The van der Waals surface area contributed by atoms with Gasteiger partial charge in [-0.1, -0.05) is 0 Å². The van der Waals surface area contributed by atoms with E-state index >= 15 is 0 Å². The fourth-order valence-electron chi connectivity index (χ4n) is 2.53. The van der Waals surface area contributed by atoms with Gasteiger partial charge in [-0.05, 0) is 38.1 Å². The molecule has 5 heteroatoms. The average molecular weight is 266 g/mol. The van der Waals surface area contributed by atoms with Crippen LogP contribution in [-0.2, 0) is 0 Å². The van der Waals surface area contributed by atoms with Gasteiger partial charge in [0, 0.05) is 26.2 Å². The van der Waals surface area contributed by atoms with E-state index < -0.39 is 5.82 Å². The third kappa shape index (κ3) is 3.23. The molecule has 1 atom stereocenters. The van der Waals surface area contributed by atoms with Gasteiger partial charge in [0.25, 0.3) is 5.91 Å². The molecule has 1 heterocycles. The minimum atomic E-state index is -0.680. The lowest BCUT2D eigenvalue weighted by Gasteiger charge is -2.21. The number of hydrogen-bond acceptors (Lipinski definition) is 3. The van der Waals surface area contributed by atoms with Gasteiger partial charge in [0.15, 0.2) is 0 Å². The Balaban J connectivity index is 2.02. The summed E-state index contributed by atoms with van der Waals surface area (Å²) in [4.78, 5) is 15.9. The first-order valence-electron chi connectivity index (χ1n) is 6.40. The summed E-state index contributed by atoms with van der Waals surface area (Å²) in [6.07, 6.45) is 1.06. The summed E-state index contributed by atoms with van der Waals surface area (Å²) in [5.41, 5.74) is 0.00616. The van der Waals surface area contributed by atoms with Crippen LogP contribution in [0.5, 0.6) is 5.75 Å². The maximum Gasteiger partial charge on any atom is 0.256 e. The predicted octanol–water partition coefficient (Wildman–Crippen LogP) is 1.55. The molecule has 1 aromatic rings. The lowest BCUT2D eigenvalue weighted by molar-refractivity contribution is 0.0769. The van der Waals surface area contributed by atoms with E-state index in [9.17, 15) is 9.18 Å². The number of nitrogens with zero attached hydrogens (tertiary/aromatic N) is 2. The lowest BCUT2D eigenvalue weighted by Crippen LogP contribution is -2.33. The monoisotopic (exact) mass is 266 g/mol. The maximum absolute atomic E-state index is 13.6. The van der Waals surface area contributed by atoms with Crippen LogP contribution in [0, 0.1) is 11.7 Å². The van der Waals surface area contributed by atoms with Gasteiger partial charge in [-0.15, -0.1) is 0 Å². The van der Waals surface area contributed by atoms with Crippen molar-refractivity contribution in [3.63, 3.8) is 0 Å². The van der Waals surface area contributed by atoms with Gasteiger partial charge in [-0.3, -0.25) is 4.79 Å². The zero-order valence-electron chi connectivity index (χ0n) is 11.3. The Kier molecular flexibility index (Phi) is 4.04. The van der Waals surface area contributed by atoms with Crippen molar-refractivity contribution in [1.82, 2.24) is 9.80 Å². The van der Waals surface area contributed by atoms with Crippen molar-refractivity contribution >= 4 is 5.91 Å². The topological polar surface area (TPSA) is 43.8 Å². The van der Waals surface area contributed by atoms with Gasteiger partial charge < -0.3 is 14.9 Å². The SMILES string of the molecule is CN1CCC(CN(C)C(=O)c2ccc(O)cc2F)C1. The van der Waals surface area contributed by atoms with Crippen LogP contribution in [0.4, 0.5) is 4.39 Å². The molecule has 0 spiro atoms. The van der Waals surface area contributed by atoms with Crippen molar-refractivity contribution in [2.24, 2.45) is 5.92 Å². The standard InChI is InChI=1S/C14H19FN2O2/c1-16-6-5-10(8-16)9-17(2)14(19)12-4-3-11(18)7-13(12)15/h3-4,7,10,18H,5-6,8-9H2,1-2H3. The Morgan fingerprint density at radius 3 is 2.89 bits per heavy atom. The number of rotatable bonds is 3. The largest absolute Gasteiger partial charge is 0.508 e. The van der Waals surface area contributed by atoms with E-state index in [1.165, 1.54) is 12.1 Å². The molecule has 1 unspecified atom stereocenters. The minimum absolute atomic E-state index is 0.00616. The molecular weight excluding hydrogens is 247 g/mol. The molecule has 1 N–H and O–H groups in total. The van der Waals surface area contributed by atoms with Crippen LogP contribution in [0.2, 0.25) is 0 Å². The molecule has 1 aromatic carbocycles. The summed E-state index contributed by atoms with van der Waals surface area (Å²) in [6, 6.07) is 3.61. The van der Waals surface area contributed by atoms with Crippen molar-refractivity contribution in [2.45, 2.75) is 6.42 Å². The van der Waals surface area contributed by atoms with Gasteiger partial charge in [0.2, 0.25) is 0 Å². The molecule has 2 rings (SSSR count). The van der Waals surface area contributed by atoms with Crippen LogP contribution in [0.3, 0.4) is 0 Å². The van der Waals surface area contributed by atoms with Gasteiger partial charge in [0.05, 0.1) is 5.56 Å². The quantitative estimate of drug-likeness (QED) is 0.903. The van der Waals surface area contributed by atoms with E-state index in [1.54, 1.807) is 11.9 Å². The summed E-state index contributed by atoms with van der Waals surface area (Å²) >= 11 is 0. The fraction of sp³-hybridized carbons (Fsp3) is 0.500. The number of likely N-dealkylation sites (tertiary alicyclic amines) is 1. The summed E-state index contributed by atoms with van der Waals surface area (Å²) in [6.45, 7) is 2.64. The molecule has 1 amide bonds. The molecule has 1 aliphatic rings. The Morgan fingerprint density at radius 2 is 2.32 bits per heavy atom. The summed E-state index contributed by atoms with van der Waals surface area (Å²) in [7, 11) is 3.74. The summed E-state index contributed by atoms with van der Waals surface area (Å²) < 4.78 is 13.6. The first kappa shape index (κ1) is 13.8. The molecule has 4 nitrogen and oxygen atoms in total. The third-order valence-corrected chi connectivity index (χ3v) is 3.55. The van der Waals surface area contributed by atoms with Crippen molar-refractivity contribution in [3.05, 3.63) is 29.6 Å². The van der Waals surface area contributed by atoms with E-state index in [2.05, 4.69) is 11.9 Å². The molecule has 0 radical (unpaired) electrons.